The van der Waals surface area contributed by atoms with E-state index in [1.165, 1.54) is 31.0 Å². The predicted octanol–water partition coefficient (Wildman–Crippen LogP) is 5.90. The molecule has 1 heterocycles. The summed E-state index contributed by atoms with van der Waals surface area (Å²) in [4.78, 5) is 12.8. The Kier molecular flexibility index (Phi) is 6.30. The quantitative estimate of drug-likeness (QED) is 0.515. The van der Waals surface area contributed by atoms with E-state index in [0.717, 1.165) is 29.7 Å². The largest absolute Gasteiger partial charge is 0.416 e. The molecule has 1 fully saturated rings. The van der Waals surface area contributed by atoms with E-state index in [4.69, 9.17) is 4.42 Å². The average molecular weight is 408 g/mol. The SMILES string of the molecule is CC(Sc1nnc(C2CCCCC2)o1)C(=O)Nc1ccccc1-c1ccccc1. The number of carbonyl (C=O) groups excluding carboxylic acids is 1. The van der Waals surface area contributed by atoms with Crippen molar-refractivity contribution in [2.24, 2.45) is 0 Å². The van der Waals surface area contributed by atoms with Crippen molar-refractivity contribution in [1.29, 1.82) is 0 Å². The molecule has 2 aromatic carbocycles. The zero-order valence-corrected chi connectivity index (χ0v) is 17.3. The van der Waals surface area contributed by atoms with Crippen LogP contribution >= 0.6 is 11.8 Å². The minimum absolute atomic E-state index is 0.0872. The van der Waals surface area contributed by atoms with Gasteiger partial charge in [0.05, 0.1) is 5.25 Å². The highest BCUT2D eigenvalue weighted by Crippen LogP contribution is 2.34. The number of carbonyl (C=O) groups is 1. The first-order valence-electron chi connectivity index (χ1n) is 10.2. The lowest BCUT2D eigenvalue weighted by Crippen LogP contribution is -2.22. The zero-order valence-electron chi connectivity index (χ0n) is 16.5. The van der Waals surface area contributed by atoms with E-state index in [9.17, 15) is 4.79 Å². The third kappa shape index (κ3) is 4.88. The first kappa shape index (κ1) is 19.7. The van der Waals surface area contributed by atoms with E-state index in [1.54, 1.807) is 0 Å². The van der Waals surface area contributed by atoms with Crippen LogP contribution in [0.4, 0.5) is 5.69 Å². The van der Waals surface area contributed by atoms with E-state index in [-0.39, 0.29) is 11.2 Å². The number of rotatable bonds is 6. The van der Waals surface area contributed by atoms with Gasteiger partial charge in [-0.3, -0.25) is 4.79 Å². The Hall–Kier alpha value is -2.60. The molecule has 5 nitrogen and oxygen atoms in total. The fourth-order valence-electron chi connectivity index (χ4n) is 3.68. The Morgan fingerprint density at radius 3 is 2.55 bits per heavy atom. The van der Waals surface area contributed by atoms with Crippen LogP contribution in [0.25, 0.3) is 11.1 Å². The van der Waals surface area contributed by atoms with Gasteiger partial charge < -0.3 is 9.73 Å². The Bertz CT molecular complexity index is 952. The van der Waals surface area contributed by atoms with Gasteiger partial charge in [-0.2, -0.15) is 0 Å². The lowest BCUT2D eigenvalue weighted by atomic mass is 9.89. The highest BCUT2D eigenvalue weighted by atomic mass is 32.2. The normalized spacial score (nSPS) is 15.8. The van der Waals surface area contributed by atoms with Crippen LogP contribution in [0.15, 0.2) is 64.2 Å². The molecule has 0 radical (unpaired) electrons. The van der Waals surface area contributed by atoms with Gasteiger partial charge in [0.2, 0.25) is 11.8 Å². The van der Waals surface area contributed by atoms with E-state index >= 15 is 0 Å². The number of aromatic nitrogens is 2. The number of hydrogen-bond acceptors (Lipinski definition) is 5. The van der Waals surface area contributed by atoms with Crippen LogP contribution in [0.3, 0.4) is 0 Å². The number of thioether (sulfide) groups is 1. The summed E-state index contributed by atoms with van der Waals surface area (Å²) in [5.41, 5.74) is 2.86. The van der Waals surface area contributed by atoms with Gasteiger partial charge >= 0.3 is 0 Å². The van der Waals surface area contributed by atoms with Crippen molar-refractivity contribution in [3.8, 4) is 11.1 Å². The van der Waals surface area contributed by atoms with Crippen LogP contribution in [0, 0.1) is 0 Å². The topological polar surface area (TPSA) is 68.0 Å². The van der Waals surface area contributed by atoms with Crippen LogP contribution in [-0.2, 0) is 4.79 Å². The predicted molar refractivity (Wildman–Crippen MR) is 116 cm³/mol. The van der Waals surface area contributed by atoms with Gasteiger partial charge in [0.1, 0.15) is 0 Å². The molecule has 0 bridgehead atoms. The van der Waals surface area contributed by atoms with Crippen molar-refractivity contribution in [3.63, 3.8) is 0 Å². The fraction of sp³-hybridized carbons (Fsp3) is 0.348. The van der Waals surface area contributed by atoms with Crippen molar-refractivity contribution in [2.45, 2.75) is 55.4 Å². The van der Waals surface area contributed by atoms with Crippen LogP contribution in [0.2, 0.25) is 0 Å². The summed E-state index contributed by atoms with van der Waals surface area (Å²) >= 11 is 1.31. The molecule has 0 saturated heterocycles. The number of nitrogens with zero attached hydrogens (tertiary/aromatic N) is 2. The number of nitrogens with one attached hydrogen (secondary N) is 1. The summed E-state index contributed by atoms with van der Waals surface area (Å²) in [7, 11) is 0. The van der Waals surface area contributed by atoms with Crippen LogP contribution < -0.4 is 5.32 Å². The summed E-state index contributed by atoms with van der Waals surface area (Å²) in [6, 6.07) is 17.9. The third-order valence-corrected chi connectivity index (χ3v) is 6.23. The molecule has 150 valence electrons. The van der Waals surface area contributed by atoms with Gasteiger partial charge in [-0.25, -0.2) is 0 Å². The molecule has 6 heteroatoms. The standard InChI is InChI=1S/C23H25N3O2S/c1-16(29-23-26-25-22(28-23)18-12-6-3-7-13-18)21(27)24-20-15-9-8-14-19(20)17-10-4-2-5-11-17/h2,4-5,8-11,14-16,18H,3,6-7,12-13H2,1H3,(H,24,27). The average Bonchev–Trinajstić information content (AvgIpc) is 3.24. The molecule has 1 atom stereocenters. The molecule has 1 aliphatic carbocycles. The van der Waals surface area contributed by atoms with Gasteiger partial charge in [0.15, 0.2) is 0 Å². The van der Waals surface area contributed by atoms with Crippen molar-refractivity contribution in [1.82, 2.24) is 10.2 Å². The van der Waals surface area contributed by atoms with Gasteiger partial charge in [-0.1, -0.05) is 79.6 Å². The first-order chi connectivity index (χ1) is 14.2. The summed E-state index contributed by atoms with van der Waals surface area (Å²) in [6.07, 6.45) is 5.94. The third-order valence-electron chi connectivity index (χ3n) is 5.29. The maximum atomic E-state index is 12.8. The summed E-state index contributed by atoms with van der Waals surface area (Å²) in [5, 5.41) is 11.5. The van der Waals surface area contributed by atoms with Gasteiger partial charge in [0.25, 0.3) is 5.22 Å². The Balaban J connectivity index is 1.41. The molecule has 1 N–H and O–H groups in total. The van der Waals surface area contributed by atoms with Crippen molar-refractivity contribution in [2.75, 3.05) is 5.32 Å². The minimum atomic E-state index is -0.349. The molecule has 1 aromatic heterocycles. The molecule has 3 aromatic rings. The van der Waals surface area contributed by atoms with E-state index in [0.29, 0.717) is 17.0 Å². The van der Waals surface area contributed by atoms with Crippen molar-refractivity contribution >= 4 is 23.4 Å². The summed E-state index contributed by atoms with van der Waals surface area (Å²) in [6.45, 7) is 1.86. The molecule has 1 amide bonds. The van der Waals surface area contributed by atoms with E-state index in [1.807, 2.05) is 61.5 Å². The number of benzene rings is 2. The fourth-order valence-corrected chi connectivity index (χ4v) is 4.37. The minimum Gasteiger partial charge on any atom is -0.416 e. The number of amides is 1. The van der Waals surface area contributed by atoms with Crippen LogP contribution in [-0.4, -0.2) is 21.4 Å². The molecule has 1 saturated carbocycles. The second kappa shape index (κ2) is 9.27. The lowest BCUT2D eigenvalue weighted by molar-refractivity contribution is -0.115. The molecule has 4 rings (SSSR count). The molecule has 0 spiro atoms. The van der Waals surface area contributed by atoms with Gasteiger partial charge in [-0.15, -0.1) is 10.2 Å². The number of anilines is 1. The second-order valence-electron chi connectivity index (χ2n) is 7.40. The Morgan fingerprint density at radius 2 is 1.76 bits per heavy atom. The highest BCUT2D eigenvalue weighted by Gasteiger charge is 2.24. The zero-order chi connectivity index (χ0) is 20.1. The maximum Gasteiger partial charge on any atom is 0.277 e. The molecule has 1 unspecified atom stereocenters. The van der Waals surface area contributed by atoms with Crippen LogP contribution in [0.1, 0.15) is 50.8 Å². The van der Waals surface area contributed by atoms with Crippen LogP contribution in [0.5, 0.6) is 0 Å². The number of hydrogen-bond donors (Lipinski definition) is 1. The molecule has 0 aliphatic heterocycles. The number of para-hydroxylation sites is 1. The smallest absolute Gasteiger partial charge is 0.277 e. The van der Waals surface area contributed by atoms with Crippen molar-refractivity contribution < 1.29 is 9.21 Å². The van der Waals surface area contributed by atoms with E-state index < -0.39 is 0 Å². The van der Waals surface area contributed by atoms with Crippen molar-refractivity contribution in [3.05, 3.63) is 60.5 Å². The first-order valence-corrected chi connectivity index (χ1v) is 11.0. The monoisotopic (exact) mass is 407 g/mol. The molecule has 29 heavy (non-hydrogen) atoms. The van der Waals surface area contributed by atoms with Gasteiger partial charge in [0, 0.05) is 17.2 Å². The van der Waals surface area contributed by atoms with E-state index in [2.05, 4.69) is 15.5 Å². The molecule has 1 aliphatic rings. The maximum absolute atomic E-state index is 12.8. The Morgan fingerprint density at radius 1 is 1.03 bits per heavy atom. The highest BCUT2D eigenvalue weighted by molar-refractivity contribution is 8.00. The van der Waals surface area contributed by atoms with Gasteiger partial charge in [-0.05, 0) is 31.4 Å². The summed E-state index contributed by atoms with van der Waals surface area (Å²) < 4.78 is 5.85. The summed E-state index contributed by atoms with van der Waals surface area (Å²) in [5.74, 6) is 0.998. The molecular weight excluding hydrogens is 382 g/mol. The Labute approximate surface area is 175 Å². The molecular formula is C23H25N3O2S. The lowest BCUT2D eigenvalue weighted by Gasteiger charge is -2.17. The second-order valence-corrected chi connectivity index (χ2v) is 8.69.